The summed E-state index contributed by atoms with van der Waals surface area (Å²) >= 11 is 0. The highest BCUT2D eigenvalue weighted by molar-refractivity contribution is 5.30. The Bertz CT molecular complexity index is 228. The fourth-order valence-corrected chi connectivity index (χ4v) is 0.948. The first kappa shape index (κ1) is 8.12. The maximum Gasteiger partial charge on any atom is 0.119 e. The molecule has 1 nitrogen and oxygen atoms in total. The van der Waals surface area contributed by atoms with Crippen LogP contribution >= 0.6 is 0 Å². The Kier molecular flexibility index (Phi) is 2.53. The monoisotopic (exact) mass is 149 g/mol. The fraction of sp³-hybridized carbons (Fsp3) is 0.300. The van der Waals surface area contributed by atoms with Crippen LogP contribution in [0.15, 0.2) is 24.3 Å². The average Bonchev–Trinajstić information content (AvgIpc) is 2.05. The van der Waals surface area contributed by atoms with Crippen LogP contribution in [0, 0.1) is 6.92 Å². The quantitative estimate of drug-likeness (QED) is 0.628. The number of methoxy groups -OCH3 is 1. The number of ether oxygens (including phenoxy) is 1. The highest BCUT2D eigenvalue weighted by atomic mass is 16.5. The number of hydrogen-bond acceptors (Lipinski definition) is 1. The molecule has 0 heterocycles. The Labute approximate surface area is 68.0 Å². The van der Waals surface area contributed by atoms with Gasteiger partial charge < -0.3 is 4.74 Å². The first-order valence-corrected chi connectivity index (χ1v) is 3.71. The number of hydrogen-bond donors (Lipinski definition) is 0. The maximum absolute atomic E-state index is 5.08. The normalized spacial score (nSPS) is 10.2. The SMILES string of the molecule is [CH2]C(C)c1cccc(OC)c1. The van der Waals surface area contributed by atoms with E-state index in [4.69, 9.17) is 4.74 Å². The minimum absolute atomic E-state index is 0.324. The lowest BCUT2D eigenvalue weighted by molar-refractivity contribution is 0.414. The molecule has 0 aliphatic heterocycles. The van der Waals surface area contributed by atoms with Crippen molar-refractivity contribution < 1.29 is 4.74 Å². The number of rotatable bonds is 2. The standard InChI is InChI=1S/C10H13O/c1-8(2)9-5-4-6-10(7-9)11-3/h4-8H,1H2,2-3H3. The Balaban J connectivity index is 2.91. The molecule has 11 heavy (non-hydrogen) atoms. The van der Waals surface area contributed by atoms with Crippen LogP contribution in [-0.2, 0) is 0 Å². The first-order valence-electron chi connectivity index (χ1n) is 3.71. The van der Waals surface area contributed by atoms with Gasteiger partial charge in [-0.2, -0.15) is 0 Å². The van der Waals surface area contributed by atoms with E-state index in [0.717, 1.165) is 5.75 Å². The molecular weight excluding hydrogens is 136 g/mol. The molecule has 1 aromatic carbocycles. The van der Waals surface area contributed by atoms with Crippen molar-refractivity contribution >= 4 is 0 Å². The van der Waals surface area contributed by atoms with Crippen LogP contribution in [-0.4, -0.2) is 7.11 Å². The van der Waals surface area contributed by atoms with Crippen molar-refractivity contribution in [3.63, 3.8) is 0 Å². The van der Waals surface area contributed by atoms with Gasteiger partial charge in [-0.1, -0.05) is 19.1 Å². The molecule has 0 spiro atoms. The summed E-state index contributed by atoms with van der Waals surface area (Å²) in [5.74, 6) is 1.23. The molecule has 0 saturated heterocycles. The Morgan fingerprint density at radius 1 is 1.45 bits per heavy atom. The van der Waals surface area contributed by atoms with Gasteiger partial charge in [-0.3, -0.25) is 0 Å². The van der Waals surface area contributed by atoms with Crippen molar-refractivity contribution in [2.24, 2.45) is 0 Å². The smallest absolute Gasteiger partial charge is 0.119 e. The second-order valence-electron chi connectivity index (χ2n) is 2.68. The van der Waals surface area contributed by atoms with Crippen LogP contribution in [0.4, 0.5) is 0 Å². The first-order chi connectivity index (χ1) is 5.24. The Morgan fingerprint density at radius 2 is 2.18 bits per heavy atom. The van der Waals surface area contributed by atoms with Gasteiger partial charge in [-0.25, -0.2) is 0 Å². The molecule has 1 radical (unpaired) electrons. The summed E-state index contributed by atoms with van der Waals surface area (Å²) in [6.45, 7) is 5.99. The van der Waals surface area contributed by atoms with Crippen molar-refractivity contribution in [1.29, 1.82) is 0 Å². The zero-order valence-electron chi connectivity index (χ0n) is 7.00. The van der Waals surface area contributed by atoms with Crippen molar-refractivity contribution in [2.75, 3.05) is 7.11 Å². The highest BCUT2D eigenvalue weighted by Gasteiger charge is 1.98. The topological polar surface area (TPSA) is 9.23 Å². The molecular formula is C10H13O. The van der Waals surface area contributed by atoms with Crippen LogP contribution < -0.4 is 4.74 Å². The van der Waals surface area contributed by atoms with Crippen LogP contribution in [0.1, 0.15) is 18.4 Å². The largest absolute Gasteiger partial charge is 0.497 e. The van der Waals surface area contributed by atoms with E-state index in [1.807, 2.05) is 18.2 Å². The van der Waals surface area contributed by atoms with Crippen molar-refractivity contribution in [3.8, 4) is 5.75 Å². The second-order valence-corrected chi connectivity index (χ2v) is 2.68. The van der Waals surface area contributed by atoms with Gasteiger partial charge in [-0.05, 0) is 30.5 Å². The van der Waals surface area contributed by atoms with Gasteiger partial charge in [0.1, 0.15) is 5.75 Å². The number of benzene rings is 1. The minimum atomic E-state index is 0.324. The molecule has 0 amide bonds. The molecule has 1 aromatic rings. The highest BCUT2D eigenvalue weighted by Crippen LogP contribution is 2.18. The third-order valence-electron chi connectivity index (χ3n) is 1.66. The van der Waals surface area contributed by atoms with E-state index in [-0.39, 0.29) is 0 Å². The summed E-state index contributed by atoms with van der Waals surface area (Å²) in [6, 6.07) is 7.99. The lowest BCUT2D eigenvalue weighted by Crippen LogP contribution is -1.88. The van der Waals surface area contributed by atoms with Crippen molar-refractivity contribution in [3.05, 3.63) is 36.8 Å². The molecule has 0 aliphatic rings. The molecule has 0 aromatic heterocycles. The summed E-state index contributed by atoms with van der Waals surface area (Å²) in [6.07, 6.45) is 0. The summed E-state index contributed by atoms with van der Waals surface area (Å²) in [5.41, 5.74) is 1.21. The van der Waals surface area contributed by atoms with Crippen LogP contribution in [0.2, 0.25) is 0 Å². The Morgan fingerprint density at radius 3 is 2.73 bits per heavy atom. The van der Waals surface area contributed by atoms with E-state index in [1.165, 1.54) is 5.56 Å². The maximum atomic E-state index is 5.08. The summed E-state index contributed by atoms with van der Waals surface area (Å²) in [4.78, 5) is 0. The van der Waals surface area contributed by atoms with Gasteiger partial charge >= 0.3 is 0 Å². The summed E-state index contributed by atoms with van der Waals surface area (Å²) in [5, 5.41) is 0. The lowest BCUT2D eigenvalue weighted by Gasteiger charge is -2.06. The van der Waals surface area contributed by atoms with Crippen molar-refractivity contribution in [1.82, 2.24) is 0 Å². The Hall–Kier alpha value is -0.980. The molecule has 0 fully saturated rings. The van der Waals surface area contributed by atoms with E-state index in [0.29, 0.717) is 5.92 Å². The molecule has 1 atom stereocenters. The second kappa shape index (κ2) is 3.42. The van der Waals surface area contributed by atoms with E-state index >= 15 is 0 Å². The molecule has 1 rings (SSSR count). The summed E-state index contributed by atoms with van der Waals surface area (Å²) < 4.78 is 5.08. The molecule has 1 unspecified atom stereocenters. The molecule has 0 N–H and O–H groups in total. The van der Waals surface area contributed by atoms with Crippen molar-refractivity contribution in [2.45, 2.75) is 12.8 Å². The van der Waals surface area contributed by atoms with E-state index in [2.05, 4.69) is 19.9 Å². The molecule has 0 aliphatic carbocycles. The van der Waals surface area contributed by atoms with Gasteiger partial charge in [0.2, 0.25) is 0 Å². The zero-order valence-corrected chi connectivity index (χ0v) is 7.00. The van der Waals surface area contributed by atoms with Gasteiger partial charge in [0.05, 0.1) is 7.11 Å². The van der Waals surface area contributed by atoms with E-state index < -0.39 is 0 Å². The predicted octanol–water partition coefficient (Wildman–Crippen LogP) is 2.63. The van der Waals surface area contributed by atoms with Crippen LogP contribution in [0.25, 0.3) is 0 Å². The van der Waals surface area contributed by atoms with Gasteiger partial charge in [0.25, 0.3) is 0 Å². The van der Waals surface area contributed by atoms with Gasteiger partial charge in [0.15, 0.2) is 0 Å². The molecule has 0 saturated carbocycles. The van der Waals surface area contributed by atoms with E-state index in [9.17, 15) is 0 Å². The summed E-state index contributed by atoms with van der Waals surface area (Å²) in [7, 11) is 1.67. The minimum Gasteiger partial charge on any atom is -0.497 e. The molecule has 59 valence electrons. The molecule has 1 heteroatoms. The average molecular weight is 149 g/mol. The van der Waals surface area contributed by atoms with Crippen LogP contribution in [0.3, 0.4) is 0 Å². The third-order valence-corrected chi connectivity index (χ3v) is 1.66. The zero-order chi connectivity index (χ0) is 8.27. The predicted molar refractivity (Wildman–Crippen MR) is 46.8 cm³/mol. The lowest BCUT2D eigenvalue weighted by atomic mass is 10.0. The van der Waals surface area contributed by atoms with E-state index in [1.54, 1.807) is 7.11 Å². The van der Waals surface area contributed by atoms with Crippen LogP contribution in [0.5, 0.6) is 5.75 Å². The third kappa shape index (κ3) is 1.97. The van der Waals surface area contributed by atoms with Gasteiger partial charge in [0, 0.05) is 0 Å². The van der Waals surface area contributed by atoms with Gasteiger partial charge in [-0.15, -0.1) is 0 Å². The molecule has 0 bridgehead atoms. The fourth-order valence-electron chi connectivity index (χ4n) is 0.948.